The monoisotopic (exact) mass is 460 g/mol. The fourth-order valence-corrected chi connectivity index (χ4v) is 8.89. The van der Waals surface area contributed by atoms with Gasteiger partial charge >= 0.3 is 5.97 Å². The summed E-state index contributed by atoms with van der Waals surface area (Å²) in [6.45, 7) is 0. The summed E-state index contributed by atoms with van der Waals surface area (Å²) in [5.41, 5.74) is 0. The molecule has 0 radical (unpaired) electrons. The molecule has 1 N–H and O–H groups in total. The number of hydrogen-bond acceptors (Lipinski definition) is 2. The van der Waals surface area contributed by atoms with Crippen LogP contribution in [0.2, 0.25) is 0 Å². The van der Waals surface area contributed by atoms with Crippen LogP contribution in [-0.4, -0.2) is 28.7 Å². The van der Waals surface area contributed by atoms with Gasteiger partial charge < -0.3 is 22.1 Å². The van der Waals surface area contributed by atoms with Crippen molar-refractivity contribution in [3.63, 3.8) is 0 Å². The van der Waals surface area contributed by atoms with Crippen LogP contribution in [0, 0.1) is 0 Å². The van der Waals surface area contributed by atoms with E-state index in [0.717, 1.165) is 11.9 Å². The molecule has 2 nitrogen and oxygen atoms in total. The van der Waals surface area contributed by atoms with Gasteiger partial charge in [-0.05, 0) is 36.4 Å². The molecule has 0 spiro atoms. The fraction of sp³-hybridized carbons (Fsp3) is 0.136. The largest absolute Gasteiger partial charge is 1.00 e. The second kappa shape index (κ2) is 10.7. The summed E-state index contributed by atoms with van der Waals surface area (Å²) in [6.07, 6.45) is 0.947. The van der Waals surface area contributed by atoms with Crippen LogP contribution in [0.25, 0.3) is 0 Å². The molecule has 0 aliphatic rings. The van der Waals surface area contributed by atoms with E-state index >= 15 is 0 Å². The van der Waals surface area contributed by atoms with Gasteiger partial charge in [0.25, 0.3) is 0 Å². The van der Waals surface area contributed by atoms with Crippen molar-refractivity contribution < 1.29 is 26.9 Å². The van der Waals surface area contributed by atoms with Gasteiger partial charge in [0.1, 0.15) is 23.2 Å². The standard InChI is InChI=1S/C22H21O2PS.BrH/c23-22(24)18-26-17-16-25(19-10-4-1-5-11-19,20-12-6-2-7-13-20)21-14-8-3-9-15-21;/h1-15H,16-18H2;1H. The maximum absolute atomic E-state index is 10.9. The highest BCUT2D eigenvalue weighted by Gasteiger charge is 2.44. The molecule has 0 unspecified atom stereocenters. The van der Waals surface area contributed by atoms with E-state index in [1.165, 1.54) is 27.7 Å². The second-order valence-corrected chi connectivity index (χ2v) is 10.7. The summed E-state index contributed by atoms with van der Waals surface area (Å²) in [5.74, 6) is 0.218. The lowest BCUT2D eigenvalue weighted by Gasteiger charge is -2.27. The Morgan fingerprint density at radius 1 is 0.741 bits per heavy atom. The molecule has 140 valence electrons. The van der Waals surface area contributed by atoms with Crippen LogP contribution in [0.5, 0.6) is 0 Å². The lowest BCUT2D eigenvalue weighted by Crippen LogP contribution is -3.00. The van der Waals surface area contributed by atoms with Gasteiger partial charge in [-0.2, -0.15) is 0 Å². The van der Waals surface area contributed by atoms with Gasteiger partial charge in [0, 0.05) is 5.75 Å². The van der Waals surface area contributed by atoms with Crippen LogP contribution in [0.15, 0.2) is 91.0 Å². The number of aliphatic carboxylic acids is 1. The zero-order valence-corrected chi connectivity index (χ0v) is 18.2. The van der Waals surface area contributed by atoms with Gasteiger partial charge in [0.05, 0.1) is 11.9 Å². The van der Waals surface area contributed by atoms with Gasteiger partial charge in [0.15, 0.2) is 0 Å². The molecule has 0 amide bonds. The van der Waals surface area contributed by atoms with Crippen molar-refractivity contribution in [2.45, 2.75) is 0 Å². The highest BCUT2D eigenvalue weighted by Crippen LogP contribution is 2.55. The third-order valence-corrected chi connectivity index (χ3v) is 10.1. The smallest absolute Gasteiger partial charge is 0.313 e. The highest BCUT2D eigenvalue weighted by atomic mass is 79.9. The Morgan fingerprint density at radius 2 is 1.11 bits per heavy atom. The fourth-order valence-electron chi connectivity index (χ4n) is 3.24. The Hall–Kier alpha value is -1.61. The number of carboxylic acid groups (broad SMARTS) is 1. The summed E-state index contributed by atoms with van der Waals surface area (Å²) in [6, 6.07) is 32.0. The maximum Gasteiger partial charge on any atom is 0.313 e. The molecule has 0 saturated carbocycles. The van der Waals surface area contributed by atoms with E-state index < -0.39 is 13.2 Å². The minimum atomic E-state index is -1.83. The topological polar surface area (TPSA) is 37.3 Å². The zero-order valence-electron chi connectivity index (χ0n) is 14.9. The molecule has 0 saturated heterocycles. The van der Waals surface area contributed by atoms with E-state index in [-0.39, 0.29) is 22.7 Å². The molecule has 0 fully saturated rings. The van der Waals surface area contributed by atoms with E-state index in [1.807, 2.05) is 18.2 Å². The minimum absolute atomic E-state index is 0. The molecule has 0 heterocycles. The average molecular weight is 461 g/mol. The Bertz CT molecular complexity index is 732. The molecule has 3 rings (SSSR count). The van der Waals surface area contributed by atoms with Crippen LogP contribution >= 0.6 is 19.0 Å². The summed E-state index contributed by atoms with van der Waals surface area (Å²) in [5, 5.41) is 13.0. The number of hydrogen-bond donors (Lipinski definition) is 1. The first-order valence-electron chi connectivity index (χ1n) is 8.58. The van der Waals surface area contributed by atoms with Crippen molar-refractivity contribution in [1.82, 2.24) is 0 Å². The Morgan fingerprint density at radius 3 is 1.44 bits per heavy atom. The minimum Gasteiger partial charge on any atom is -1.00 e. The third-order valence-electron chi connectivity index (χ3n) is 4.39. The average Bonchev–Trinajstić information content (AvgIpc) is 2.70. The first-order chi connectivity index (χ1) is 12.7. The van der Waals surface area contributed by atoms with Crippen molar-refractivity contribution in [2.75, 3.05) is 17.7 Å². The normalized spacial score (nSPS) is 10.8. The lowest BCUT2D eigenvalue weighted by atomic mass is 10.4. The molecular formula is C22H22BrO2PS. The van der Waals surface area contributed by atoms with Gasteiger partial charge in [0.2, 0.25) is 0 Å². The number of benzene rings is 3. The number of carboxylic acids is 1. The van der Waals surface area contributed by atoms with E-state index in [2.05, 4.69) is 72.8 Å². The Labute approximate surface area is 176 Å². The van der Waals surface area contributed by atoms with E-state index in [4.69, 9.17) is 5.11 Å². The third kappa shape index (κ3) is 5.22. The molecule has 27 heavy (non-hydrogen) atoms. The molecule has 3 aromatic rings. The van der Waals surface area contributed by atoms with Gasteiger partial charge in [-0.1, -0.05) is 54.6 Å². The molecular weight excluding hydrogens is 439 g/mol. The summed E-state index contributed by atoms with van der Waals surface area (Å²) in [7, 11) is -1.83. The zero-order chi connectivity index (χ0) is 18.2. The van der Waals surface area contributed by atoms with Crippen molar-refractivity contribution in [2.24, 2.45) is 0 Å². The van der Waals surface area contributed by atoms with Crippen LogP contribution < -0.4 is 32.9 Å². The molecule has 0 aliphatic heterocycles. The Balaban J connectivity index is 0.00000261. The van der Waals surface area contributed by atoms with E-state index in [1.54, 1.807) is 0 Å². The quantitative estimate of drug-likeness (QED) is 0.399. The van der Waals surface area contributed by atoms with Gasteiger partial charge in [-0.15, -0.1) is 11.8 Å². The molecule has 5 heteroatoms. The predicted molar refractivity (Wildman–Crippen MR) is 115 cm³/mol. The first kappa shape index (κ1) is 21.7. The van der Waals surface area contributed by atoms with Crippen LogP contribution in [-0.2, 0) is 4.79 Å². The number of thioether (sulfide) groups is 1. The first-order valence-corrected chi connectivity index (χ1v) is 11.7. The molecule has 0 atom stereocenters. The van der Waals surface area contributed by atoms with E-state index in [0.29, 0.717) is 0 Å². The molecule has 0 aliphatic carbocycles. The maximum atomic E-state index is 10.9. The second-order valence-electron chi connectivity index (χ2n) is 5.99. The molecule has 0 bridgehead atoms. The predicted octanol–water partition coefficient (Wildman–Crippen LogP) is 0.802. The summed E-state index contributed by atoms with van der Waals surface area (Å²) in [4.78, 5) is 10.9. The van der Waals surface area contributed by atoms with E-state index in [9.17, 15) is 4.79 Å². The number of carbonyl (C=O) groups is 1. The number of halogens is 1. The summed E-state index contributed by atoms with van der Waals surface area (Å²) < 4.78 is 0. The summed E-state index contributed by atoms with van der Waals surface area (Å²) >= 11 is 1.50. The van der Waals surface area contributed by atoms with Crippen LogP contribution in [0.4, 0.5) is 0 Å². The van der Waals surface area contributed by atoms with Crippen molar-refractivity contribution >= 4 is 40.9 Å². The lowest BCUT2D eigenvalue weighted by molar-refractivity contribution is -0.133. The van der Waals surface area contributed by atoms with Crippen LogP contribution in [0.1, 0.15) is 0 Å². The highest BCUT2D eigenvalue weighted by molar-refractivity contribution is 8.01. The van der Waals surface area contributed by atoms with Crippen molar-refractivity contribution in [3.8, 4) is 0 Å². The Kier molecular flexibility index (Phi) is 8.56. The number of rotatable bonds is 8. The SMILES string of the molecule is O=C(O)CSCC[P+](c1ccccc1)(c1ccccc1)c1ccccc1.[Br-]. The van der Waals surface area contributed by atoms with Crippen molar-refractivity contribution in [1.29, 1.82) is 0 Å². The van der Waals surface area contributed by atoms with Crippen LogP contribution in [0.3, 0.4) is 0 Å². The molecule has 3 aromatic carbocycles. The van der Waals surface area contributed by atoms with Gasteiger partial charge in [-0.25, -0.2) is 0 Å². The molecule has 0 aromatic heterocycles. The van der Waals surface area contributed by atoms with Gasteiger partial charge in [-0.3, -0.25) is 4.79 Å². The van der Waals surface area contributed by atoms with Crippen molar-refractivity contribution in [3.05, 3.63) is 91.0 Å².